The molecule has 0 amide bonds. The van der Waals surface area contributed by atoms with Crippen LogP contribution in [0.3, 0.4) is 0 Å². The first-order chi connectivity index (χ1) is 8.33. The smallest absolute Gasteiger partial charge is 0.195 e. The van der Waals surface area contributed by atoms with E-state index in [1.807, 2.05) is 6.07 Å². The van der Waals surface area contributed by atoms with Crippen molar-refractivity contribution >= 4 is 11.1 Å². The molecule has 2 aromatic rings. The van der Waals surface area contributed by atoms with Crippen LogP contribution in [0.1, 0.15) is 37.6 Å². The second-order valence-corrected chi connectivity index (χ2v) is 4.41. The summed E-state index contributed by atoms with van der Waals surface area (Å²) in [5.41, 5.74) is 8.69. The molecule has 0 bridgehead atoms. The minimum absolute atomic E-state index is 0.681. The number of nitrogens with two attached hydrogens (primary N) is 1. The molecule has 1 heterocycles. The molecular formula is C14H20N2O. The Morgan fingerprint density at radius 3 is 2.88 bits per heavy atom. The summed E-state index contributed by atoms with van der Waals surface area (Å²) in [6, 6.07) is 6.30. The molecular weight excluding hydrogens is 212 g/mol. The van der Waals surface area contributed by atoms with Gasteiger partial charge in [-0.3, -0.25) is 0 Å². The number of rotatable bonds is 6. The summed E-state index contributed by atoms with van der Waals surface area (Å²) in [4.78, 5) is 4.50. The zero-order valence-electron chi connectivity index (χ0n) is 10.4. The van der Waals surface area contributed by atoms with E-state index in [0.29, 0.717) is 6.54 Å². The molecule has 0 aliphatic rings. The van der Waals surface area contributed by atoms with Crippen molar-refractivity contribution in [2.24, 2.45) is 5.73 Å². The molecule has 1 aromatic heterocycles. The van der Waals surface area contributed by atoms with Gasteiger partial charge in [0.25, 0.3) is 0 Å². The Bertz CT molecular complexity index is 470. The first-order valence-corrected chi connectivity index (χ1v) is 6.42. The Kier molecular flexibility index (Phi) is 4.15. The van der Waals surface area contributed by atoms with E-state index in [-0.39, 0.29) is 0 Å². The Balaban J connectivity index is 2.15. The highest BCUT2D eigenvalue weighted by molar-refractivity contribution is 5.73. The first-order valence-electron chi connectivity index (χ1n) is 6.42. The van der Waals surface area contributed by atoms with E-state index in [9.17, 15) is 0 Å². The van der Waals surface area contributed by atoms with Crippen LogP contribution in [0.4, 0.5) is 0 Å². The lowest BCUT2D eigenvalue weighted by molar-refractivity contribution is 0.521. The fourth-order valence-corrected chi connectivity index (χ4v) is 1.92. The number of aromatic nitrogens is 1. The monoisotopic (exact) mass is 232 g/mol. The summed E-state index contributed by atoms with van der Waals surface area (Å²) in [5.74, 6) is 0.804. The van der Waals surface area contributed by atoms with Crippen LogP contribution in [0.25, 0.3) is 11.1 Å². The number of nitrogens with zero attached hydrogens (tertiary/aromatic N) is 1. The van der Waals surface area contributed by atoms with Gasteiger partial charge >= 0.3 is 0 Å². The molecule has 3 nitrogen and oxygen atoms in total. The maximum absolute atomic E-state index is 5.66. The Morgan fingerprint density at radius 2 is 2.12 bits per heavy atom. The van der Waals surface area contributed by atoms with Gasteiger partial charge in [-0.1, -0.05) is 19.4 Å². The molecule has 3 heteroatoms. The lowest BCUT2D eigenvalue weighted by atomic mass is 10.1. The summed E-state index contributed by atoms with van der Waals surface area (Å²) < 4.78 is 5.66. The predicted octanol–water partition coefficient (Wildman–Crippen LogP) is 3.06. The van der Waals surface area contributed by atoms with Gasteiger partial charge in [-0.05, 0) is 43.5 Å². The highest BCUT2D eigenvalue weighted by Crippen LogP contribution is 2.19. The molecule has 0 unspecified atom stereocenters. The van der Waals surface area contributed by atoms with Gasteiger partial charge in [0, 0.05) is 6.42 Å². The molecule has 0 aliphatic heterocycles. The van der Waals surface area contributed by atoms with E-state index in [1.165, 1.54) is 18.4 Å². The molecule has 0 aliphatic carbocycles. The van der Waals surface area contributed by atoms with Crippen molar-refractivity contribution in [1.82, 2.24) is 4.98 Å². The van der Waals surface area contributed by atoms with Crippen LogP contribution in [0.2, 0.25) is 0 Å². The molecule has 0 saturated heterocycles. The number of hydrogen-bond acceptors (Lipinski definition) is 3. The van der Waals surface area contributed by atoms with E-state index in [0.717, 1.165) is 36.3 Å². The number of benzene rings is 1. The van der Waals surface area contributed by atoms with Gasteiger partial charge in [-0.2, -0.15) is 0 Å². The largest absolute Gasteiger partial charge is 0.441 e. The van der Waals surface area contributed by atoms with Gasteiger partial charge in [0.1, 0.15) is 5.52 Å². The van der Waals surface area contributed by atoms with Crippen molar-refractivity contribution in [1.29, 1.82) is 0 Å². The maximum Gasteiger partial charge on any atom is 0.195 e. The van der Waals surface area contributed by atoms with E-state index in [1.54, 1.807) is 0 Å². The molecule has 0 saturated carbocycles. The molecule has 0 atom stereocenters. The number of unbranched alkanes of at least 4 members (excludes halogenated alkanes) is 1. The summed E-state index contributed by atoms with van der Waals surface area (Å²) >= 11 is 0. The van der Waals surface area contributed by atoms with E-state index in [4.69, 9.17) is 10.2 Å². The fourth-order valence-electron chi connectivity index (χ4n) is 1.92. The Morgan fingerprint density at radius 1 is 1.24 bits per heavy atom. The quantitative estimate of drug-likeness (QED) is 0.832. The molecule has 2 rings (SSSR count). The topological polar surface area (TPSA) is 52.0 Å². The summed E-state index contributed by atoms with van der Waals surface area (Å²) in [5, 5.41) is 0. The zero-order chi connectivity index (χ0) is 12.1. The average Bonchev–Trinajstić information content (AvgIpc) is 2.75. The van der Waals surface area contributed by atoms with Gasteiger partial charge < -0.3 is 10.2 Å². The molecule has 0 radical (unpaired) electrons. The van der Waals surface area contributed by atoms with Crippen molar-refractivity contribution in [3.8, 4) is 0 Å². The highest BCUT2D eigenvalue weighted by Gasteiger charge is 2.05. The third-order valence-electron chi connectivity index (χ3n) is 2.91. The van der Waals surface area contributed by atoms with Crippen LogP contribution in [0.5, 0.6) is 0 Å². The van der Waals surface area contributed by atoms with Gasteiger partial charge in [-0.15, -0.1) is 0 Å². The summed E-state index contributed by atoms with van der Waals surface area (Å²) in [6.45, 7) is 2.89. The molecule has 17 heavy (non-hydrogen) atoms. The standard InChI is InChI=1S/C14H20N2O/c1-2-3-5-11-7-8-13-12(10-11)16-14(17-13)6-4-9-15/h7-8,10H,2-6,9,15H2,1H3. The first kappa shape index (κ1) is 12.1. The van der Waals surface area contributed by atoms with Gasteiger partial charge in [0.2, 0.25) is 0 Å². The highest BCUT2D eigenvalue weighted by atomic mass is 16.3. The van der Waals surface area contributed by atoms with Crippen molar-refractivity contribution in [3.05, 3.63) is 29.7 Å². The Hall–Kier alpha value is -1.35. The van der Waals surface area contributed by atoms with Crippen molar-refractivity contribution in [2.45, 2.75) is 39.0 Å². The van der Waals surface area contributed by atoms with Crippen LogP contribution in [0, 0.1) is 0 Å². The minimum Gasteiger partial charge on any atom is -0.441 e. The molecule has 0 fully saturated rings. The van der Waals surface area contributed by atoms with Crippen LogP contribution < -0.4 is 5.73 Å². The summed E-state index contributed by atoms with van der Waals surface area (Å²) in [7, 11) is 0. The lowest BCUT2D eigenvalue weighted by Crippen LogP contribution is -2.00. The van der Waals surface area contributed by atoms with Crippen molar-refractivity contribution in [3.63, 3.8) is 0 Å². The number of fused-ring (bicyclic) bond motifs is 1. The number of aryl methyl sites for hydroxylation is 2. The number of hydrogen-bond donors (Lipinski definition) is 1. The third-order valence-corrected chi connectivity index (χ3v) is 2.91. The van der Waals surface area contributed by atoms with E-state index < -0.39 is 0 Å². The SMILES string of the molecule is CCCCc1ccc2oc(CCCN)nc2c1. The van der Waals surface area contributed by atoms with Crippen LogP contribution in [-0.4, -0.2) is 11.5 Å². The average molecular weight is 232 g/mol. The predicted molar refractivity (Wildman–Crippen MR) is 70.0 cm³/mol. The second kappa shape index (κ2) is 5.82. The van der Waals surface area contributed by atoms with Crippen molar-refractivity contribution < 1.29 is 4.42 Å². The summed E-state index contributed by atoms with van der Waals surface area (Å²) in [6.07, 6.45) is 5.32. The number of oxazole rings is 1. The molecule has 2 N–H and O–H groups in total. The maximum atomic E-state index is 5.66. The second-order valence-electron chi connectivity index (χ2n) is 4.41. The van der Waals surface area contributed by atoms with E-state index in [2.05, 4.69) is 24.0 Å². The molecule has 1 aromatic carbocycles. The van der Waals surface area contributed by atoms with Crippen LogP contribution >= 0.6 is 0 Å². The van der Waals surface area contributed by atoms with Crippen LogP contribution in [0.15, 0.2) is 22.6 Å². The zero-order valence-corrected chi connectivity index (χ0v) is 10.4. The van der Waals surface area contributed by atoms with E-state index >= 15 is 0 Å². The van der Waals surface area contributed by atoms with Gasteiger partial charge in [0.05, 0.1) is 0 Å². The normalized spacial score (nSPS) is 11.2. The van der Waals surface area contributed by atoms with Gasteiger partial charge in [0.15, 0.2) is 11.5 Å². The van der Waals surface area contributed by atoms with Gasteiger partial charge in [-0.25, -0.2) is 4.98 Å². The third kappa shape index (κ3) is 3.07. The molecule has 0 spiro atoms. The van der Waals surface area contributed by atoms with Crippen molar-refractivity contribution in [2.75, 3.05) is 6.54 Å². The molecule has 92 valence electrons. The fraction of sp³-hybridized carbons (Fsp3) is 0.500. The van der Waals surface area contributed by atoms with Crippen LogP contribution in [-0.2, 0) is 12.8 Å². The lowest BCUT2D eigenvalue weighted by Gasteiger charge is -1.97. The Labute approximate surface area is 102 Å². The minimum atomic E-state index is 0.681.